The van der Waals surface area contributed by atoms with Crippen LogP contribution in [0, 0.1) is 0 Å². The van der Waals surface area contributed by atoms with Crippen LogP contribution in [0.4, 0.5) is 0 Å². The number of hydrogen-bond donors (Lipinski definition) is 1. The summed E-state index contributed by atoms with van der Waals surface area (Å²) in [6, 6.07) is 0. The lowest BCUT2D eigenvalue weighted by Crippen LogP contribution is -1.34. The Labute approximate surface area is 46.2 Å². The van der Waals surface area contributed by atoms with Gasteiger partial charge in [0.05, 0.1) is 0 Å². The molecule has 0 heterocycles. The first-order valence-electron chi connectivity index (χ1n) is 0.925. The molecule has 0 radical (unpaired) electrons. The van der Waals surface area contributed by atoms with Crippen molar-refractivity contribution in [1.29, 1.82) is 0 Å². The molecule has 0 aliphatic carbocycles. The van der Waals surface area contributed by atoms with Crippen LogP contribution in [-0.2, 0) is 0 Å². The molecule has 0 N–H and O–H groups in total. The number of hydrogen-bond acceptors (Lipinski definition) is 1. The van der Waals surface area contributed by atoms with E-state index in [4.69, 9.17) is 23.2 Å². The lowest BCUT2D eigenvalue weighted by Gasteiger charge is -1.65. The molecule has 0 aromatic heterocycles. The maximum atomic E-state index is 5.01. The molecule has 0 saturated carbocycles. The molecule has 0 nitrogen and oxygen atoms in total. The van der Waals surface area contributed by atoms with Gasteiger partial charge in [-0.25, -0.2) is 0 Å². The van der Waals surface area contributed by atoms with Crippen molar-refractivity contribution in [3.05, 3.63) is 9.90 Å². The second kappa shape index (κ2) is 2.88. The summed E-state index contributed by atoms with van der Waals surface area (Å²) in [7, 11) is 0. The first-order valence-corrected chi connectivity index (χ1v) is 2.20. The Bertz CT molecular complexity index is 45.6. The van der Waals surface area contributed by atoms with E-state index in [1.54, 1.807) is 0 Å². The quantitative estimate of drug-likeness (QED) is 0.476. The van der Waals surface area contributed by atoms with E-state index in [1.165, 1.54) is 5.41 Å². The molecule has 0 unspecified atom stereocenters. The fraction of sp³-hybridized carbons (Fsp3) is 0. The number of halogens is 2. The molecule has 0 aliphatic heterocycles. The molecule has 30 valence electrons. The van der Waals surface area contributed by atoms with Gasteiger partial charge in [-0.15, -0.1) is 12.6 Å². The molecule has 5 heavy (non-hydrogen) atoms. The van der Waals surface area contributed by atoms with Gasteiger partial charge in [0.1, 0.15) is 4.49 Å². The van der Waals surface area contributed by atoms with Gasteiger partial charge in [0, 0.05) is 0 Å². The Morgan fingerprint density at radius 1 is 1.60 bits per heavy atom. The smallest absolute Gasteiger partial charge is 0.112 e. The van der Waals surface area contributed by atoms with E-state index in [1.807, 2.05) is 0 Å². The topological polar surface area (TPSA) is 0 Å². The van der Waals surface area contributed by atoms with Crippen LogP contribution in [-0.4, -0.2) is 0 Å². The zero-order chi connectivity index (χ0) is 4.28. The van der Waals surface area contributed by atoms with Crippen molar-refractivity contribution < 1.29 is 0 Å². The van der Waals surface area contributed by atoms with Crippen molar-refractivity contribution in [2.45, 2.75) is 0 Å². The summed E-state index contributed by atoms with van der Waals surface area (Å²) < 4.78 is 0.188. The van der Waals surface area contributed by atoms with Gasteiger partial charge in [-0.1, -0.05) is 23.2 Å². The van der Waals surface area contributed by atoms with Crippen molar-refractivity contribution in [3.8, 4) is 0 Å². The molecule has 0 aromatic rings. The van der Waals surface area contributed by atoms with Crippen LogP contribution in [0.5, 0.6) is 0 Å². The second-order valence-corrected chi connectivity index (χ2v) is 1.68. The first kappa shape index (κ1) is 5.67. The molecular weight excluding hydrogens is 127 g/mol. The fourth-order valence-electron chi connectivity index (χ4n) is 0. The van der Waals surface area contributed by atoms with E-state index in [2.05, 4.69) is 12.6 Å². The van der Waals surface area contributed by atoms with Gasteiger partial charge in [0.2, 0.25) is 0 Å². The SMILES string of the molecule is SC=C(Cl)Cl. The summed E-state index contributed by atoms with van der Waals surface area (Å²) in [5.74, 6) is 0. The van der Waals surface area contributed by atoms with Crippen molar-refractivity contribution in [3.63, 3.8) is 0 Å². The van der Waals surface area contributed by atoms with Gasteiger partial charge in [-0.05, 0) is 5.41 Å². The lowest BCUT2D eigenvalue weighted by molar-refractivity contribution is 2.40. The van der Waals surface area contributed by atoms with Crippen molar-refractivity contribution in [2.24, 2.45) is 0 Å². The van der Waals surface area contributed by atoms with E-state index < -0.39 is 0 Å². The van der Waals surface area contributed by atoms with Crippen LogP contribution < -0.4 is 0 Å². The van der Waals surface area contributed by atoms with Crippen LogP contribution in [0.3, 0.4) is 0 Å². The molecule has 0 aliphatic rings. The summed E-state index contributed by atoms with van der Waals surface area (Å²) in [5.41, 5.74) is 0. The van der Waals surface area contributed by atoms with Gasteiger partial charge in [0.25, 0.3) is 0 Å². The average molecular weight is 129 g/mol. The highest BCUT2D eigenvalue weighted by atomic mass is 35.5. The number of rotatable bonds is 0. The minimum Gasteiger partial charge on any atom is -0.149 e. The summed E-state index contributed by atoms with van der Waals surface area (Å²) in [4.78, 5) is 0. The van der Waals surface area contributed by atoms with E-state index in [-0.39, 0.29) is 4.49 Å². The fourth-order valence-corrected chi connectivity index (χ4v) is 0. The van der Waals surface area contributed by atoms with Gasteiger partial charge in [-0.3, -0.25) is 0 Å². The van der Waals surface area contributed by atoms with E-state index >= 15 is 0 Å². The van der Waals surface area contributed by atoms with Gasteiger partial charge < -0.3 is 0 Å². The molecular formula is C2H2Cl2S. The Kier molecular flexibility index (Phi) is 3.27. The third-order valence-electron chi connectivity index (χ3n) is 0.0976. The highest BCUT2D eigenvalue weighted by molar-refractivity contribution is 7.83. The zero-order valence-electron chi connectivity index (χ0n) is 2.28. The van der Waals surface area contributed by atoms with Gasteiger partial charge in [0.15, 0.2) is 0 Å². The lowest BCUT2D eigenvalue weighted by atomic mass is 11.2. The predicted octanol–water partition coefficient (Wildman–Crippen LogP) is 2.19. The van der Waals surface area contributed by atoms with Crippen LogP contribution in [0.1, 0.15) is 0 Å². The number of thiol groups is 1. The van der Waals surface area contributed by atoms with Crippen LogP contribution in [0.25, 0.3) is 0 Å². The minimum absolute atomic E-state index is 0.188. The normalized spacial score (nSPS) is 7.00. The molecule has 0 spiro atoms. The molecule has 3 heteroatoms. The van der Waals surface area contributed by atoms with Crippen LogP contribution in [0.15, 0.2) is 9.90 Å². The maximum Gasteiger partial charge on any atom is 0.112 e. The summed E-state index contributed by atoms with van der Waals surface area (Å²) in [6.45, 7) is 0. The van der Waals surface area contributed by atoms with Gasteiger partial charge >= 0.3 is 0 Å². The van der Waals surface area contributed by atoms with E-state index in [0.717, 1.165) is 0 Å². The molecule has 0 atom stereocenters. The largest absolute Gasteiger partial charge is 0.149 e. The van der Waals surface area contributed by atoms with Crippen LogP contribution >= 0.6 is 35.8 Å². The molecule has 0 amide bonds. The standard InChI is InChI=1S/C2H2Cl2S/c3-2(4)1-5/h1,5H. The Morgan fingerprint density at radius 2 is 1.80 bits per heavy atom. The third-order valence-corrected chi connectivity index (χ3v) is 0.878. The van der Waals surface area contributed by atoms with Crippen molar-refractivity contribution in [1.82, 2.24) is 0 Å². The minimum atomic E-state index is 0.188. The predicted molar refractivity (Wildman–Crippen MR) is 28.8 cm³/mol. The molecule has 0 fully saturated rings. The Hall–Kier alpha value is 0.670. The first-order chi connectivity index (χ1) is 2.27. The van der Waals surface area contributed by atoms with Crippen molar-refractivity contribution in [2.75, 3.05) is 0 Å². The maximum absolute atomic E-state index is 5.01. The summed E-state index contributed by atoms with van der Waals surface area (Å²) >= 11 is 13.6. The third kappa shape index (κ3) is 4.67. The monoisotopic (exact) mass is 128 g/mol. The summed E-state index contributed by atoms with van der Waals surface area (Å²) in [6.07, 6.45) is 0. The molecule has 0 saturated heterocycles. The molecule has 0 rings (SSSR count). The van der Waals surface area contributed by atoms with Crippen LogP contribution in [0.2, 0.25) is 0 Å². The average Bonchev–Trinajstić information content (AvgIpc) is 1.38. The molecule has 0 bridgehead atoms. The van der Waals surface area contributed by atoms with Gasteiger partial charge in [-0.2, -0.15) is 0 Å². The Balaban J connectivity index is 3.14. The van der Waals surface area contributed by atoms with E-state index in [9.17, 15) is 0 Å². The second-order valence-electron chi connectivity index (χ2n) is 0.419. The summed E-state index contributed by atoms with van der Waals surface area (Å²) in [5, 5.41) is 1.31. The zero-order valence-corrected chi connectivity index (χ0v) is 4.69. The van der Waals surface area contributed by atoms with E-state index in [0.29, 0.717) is 0 Å². The Morgan fingerprint density at radius 3 is 1.80 bits per heavy atom. The highest BCUT2D eigenvalue weighted by Gasteiger charge is 1.69. The van der Waals surface area contributed by atoms with Crippen molar-refractivity contribution >= 4 is 35.8 Å². The highest BCUT2D eigenvalue weighted by Crippen LogP contribution is 2.05. The molecule has 0 aromatic carbocycles.